The zero-order chi connectivity index (χ0) is 20.3. The van der Waals surface area contributed by atoms with Crippen molar-refractivity contribution in [1.29, 1.82) is 0 Å². The summed E-state index contributed by atoms with van der Waals surface area (Å²) >= 11 is 0. The Morgan fingerprint density at radius 1 is 1.21 bits per heavy atom. The molecule has 0 saturated carbocycles. The number of carbonyl (C=O) groups excluding carboxylic acids is 1. The molecule has 1 heterocycles. The van der Waals surface area contributed by atoms with E-state index < -0.39 is 10.8 Å². The Balaban J connectivity index is 1.80. The molecule has 1 aromatic heterocycles. The van der Waals surface area contributed by atoms with Crippen LogP contribution in [0.2, 0.25) is 0 Å². The molecule has 2 aromatic carbocycles. The molecule has 142 valence electrons. The van der Waals surface area contributed by atoms with Crippen molar-refractivity contribution in [1.82, 2.24) is 15.2 Å². The van der Waals surface area contributed by atoms with Gasteiger partial charge in [0.15, 0.2) is 0 Å². The highest BCUT2D eigenvalue weighted by Gasteiger charge is 2.12. The first kappa shape index (κ1) is 18.8. The Bertz CT molecular complexity index is 1140. The number of benzene rings is 2. The van der Waals surface area contributed by atoms with Crippen molar-refractivity contribution in [3.63, 3.8) is 0 Å². The van der Waals surface area contributed by atoms with Gasteiger partial charge in [-0.05, 0) is 37.6 Å². The number of aromatic amines is 1. The highest BCUT2D eigenvalue weighted by atomic mass is 16.6. The number of hydrogen-bond donors (Lipinski definition) is 2. The van der Waals surface area contributed by atoms with E-state index in [2.05, 4.69) is 15.6 Å². The molecule has 0 atom stereocenters. The molecule has 0 fully saturated rings. The largest absolute Gasteiger partial charge is 0.295 e. The minimum Gasteiger partial charge on any atom is -0.295 e. The van der Waals surface area contributed by atoms with Gasteiger partial charge in [0, 0.05) is 23.4 Å². The molecule has 28 heavy (non-hydrogen) atoms. The van der Waals surface area contributed by atoms with E-state index in [0.29, 0.717) is 16.9 Å². The molecule has 0 aliphatic heterocycles. The summed E-state index contributed by atoms with van der Waals surface area (Å²) in [7, 11) is 0. The Hall–Kier alpha value is -4.01. The molecule has 0 radical (unpaired) electrons. The van der Waals surface area contributed by atoms with Crippen LogP contribution in [0, 0.1) is 24.0 Å². The Kier molecular flexibility index (Phi) is 5.16. The highest BCUT2D eigenvalue weighted by Crippen LogP contribution is 2.13. The number of aromatic nitrogens is 2. The van der Waals surface area contributed by atoms with Crippen molar-refractivity contribution >= 4 is 17.8 Å². The summed E-state index contributed by atoms with van der Waals surface area (Å²) in [6.45, 7) is 3.65. The number of aryl methyl sites for hydroxylation is 2. The summed E-state index contributed by atoms with van der Waals surface area (Å²) in [6.07, 6.45) is 1.25. The van der Waals surface area contributed by atoms with Gasteiger partial charge in [-0.15, -0.1) is 0 Å². The first-order chi connectivity index (χ1) is 13.4. The van der Waals surface area contributed by atoms with E-state index >= 15 is 0 Å². The Labute approximate surface area is 159 Å². The van der Waals surface area contributed by atoms with Gasteiger partial charge in [-0.25, -0.2) is 10.1 Å². The van der Waals surface area contributed by atoms with Crippen molar-refractivity contribution in [2.24, 2.45) is 5.10 Å². The molecule has 9 nitrogen and oxygen atoms in total. The van der Waals surface area contributed by atoms with Crippen LogP contribution in [-0.4, -0.2) is 26.8 Å². The molecule has 3 rings (SSSR count). The van der Waals surface area contributed by atoms with E-state index in [0.717, 1.165) is 11.6 Å². The molecule has 9 heteroatoms. The first-order valence-corrected chi connectivity index (χ1v) is 8.33. The number of hydrazone groups is 1. The molecule has 2 N–H and O–H groups in total. The topological polar surface area (TPSA) is 122 Å². The van der Waals surface area contributed by atoms with Crippen molar-refractivity contribution in [3.05, 3.63) is 91.4 Å². The molecule has 1 amide bonds. The van der Waals surface area contributed by atoms with Crippen LogP contribution < -0.4 is 11.0 Å². The van der Waals surface area contributed by atoms with Gasteiger partial charge in [-0.3, -0.25) is 24.8 Å². The lowest BCUT2D eigenvalue weighted by Gasteiger charge is -2.02. The van der Waals surface area contributed by atoms with Gasteiger partial charge < -0.3 is 0 Å². The summed E-state index contributed by atoms with van der Waals surface area (Å²) in [6, 6.07) is 12.7. The predicted octanol–water partition coefficient (Wildman–Crippen LogP) is 2.45. The monoisotopic (exact) mass is 379 g/mol. The molecule has 3 aromatic rings. The second-order valence-electron chi connectivity index (χ2n) is 6.14. The third kappa shape index (κ3) is 3.88. The van der Waals surface area contributed by atoms with Gasteiger partial charge in [0.25, 0.3) is 17.2 Å². The third-order valence-electron chi connectivity index (χ3n) is 4.06. The predicted molar refractivity (Wildman–Crippen MR) is 104 cm³/mol. The van der Waals surface area contributed by atoms with Crippen LogP contribution in [0.25, 0.3) is 5.69 Å². The van der Waals surface area contributed by atoms with Gasteiger partial charge in [0.1, 0.15) is 0 Å². The lowest BCUT2D eigenvalue weighted by molar-refractivity contribution is -0.384. The van der Waals surface area contributed by atoms with E-state index in [9.17, 15) is 19.7 Å². The fourth-order valence-electron chi connectivity index (χ4n) is 2.64. The molecule has 0 aliphatic carbocycles. The summed E-state index contributed by atoms with van der Waals surface area (Å²) in [5, 5.41) is 17.6. The normalized spacial score (nSPS) is 10.9. The van der Waals surface area contributed by atoms with Crippen LogP contribution in [0.4, 0.5) is 5.69 Å². The van der Waals surface area contributed by atoms with Gasteiger partial charge >= 0.3 is 0 Å². The van der Waals surface area contributed by atoms with Crippen LogP contribution >= 0.6 is 0 Å². The fourth-order valence-corrected chi connectivity index (χ4v) is 2.64. The minimum atomic E-state index is -0.618. The highest BCUT2D eigenvalue weighted by molar-refractivity contribution is 5.95. The molecule has 0 spiro atoms. The van der Waals surface area contributed by atoms with Crippen molar-refractivity contribution in [2.75, 3.05) is 0 Å². The van der Waals surface area contributed by atoms with Crippen LogP contribution in [0.3, 0.4) is 0 Å². The van der Waals surface area contributed by atoms with Gasteiger partial charge in [-0.2, -0.15) is 5.10 Å². The average molecular weight is 379 g/mol. The van der Waals surface area contributed by atoms with Crippen LogP contribution in [0.1, 0.15) is 27.2 Å². The maximum absolute atomic E-state index is 12.6. The zero-order valence-corrected chi connectivity index (χ0v) is 15.2. The number of nitrogens with one attached hydrogen (secondary N) is 2. The SMILES string of the molecule is Cc1cccc(-n2[nH]c(C)c(C=NNC(=O)c3cccc([N+](=O)[O-])c3)c2=O)c1. The smallest absolute Gasteiger partial charge is 0.280 e. The summed E-state index contributed by atoms with van der Waals surface area (Å²) < 4.78 is 1.39. The van der Waals surface area contributed by atoms with Crippen molar-refractivity contribution in [3.8, 4) is 5.69 Å². The number of nitro benzene ring substituents is 1. The second kappa shape index (κ2) is 7.70. The lowest BCUT2D eigenvalue weighted by atomic mass is 10.2. The minimum absolute atomic E-state index is 0.0920. The fraction of sp³-hybridized carbons (Fsp3) is 0.105. The molecule has 0 saturated heterocycles. The summed E-state index contributed by atoms with van der Waals surface area (Å²) in [4.78, 5) is 34.9. The number of non-ortho nitro benzene ring substituents is 1. The number of nitro groups is 1. The second-order valence-corrected chi connectivity index (χ2v) is 6.14. The summed E-state index contributed by atoms with van der Waals surface area (Å²) in [5.41, 5.74) is 4.43. The van der Waals surface area contributed by atoms with Gasteiger partial charge in [-0.1, -0.05) is 18.2 Å². The van der Waals surface area contributed by atoms with E-state index in [1.54, 1.807) is 13.0 Å². The standard InChI is InChI=1S/C19H17N5O4/c1-12-5-3-7-15(9-12)23-19(26)17(13(2)22-23)11-20-21-18(25)14-6-4-8-16(10-14)24(27)28/h3-11,22H,1-2H3,(H,21,25). The van der Waals surface area contributed by atoms with Crippen LogP contribution in [-0.2, 0) is 0 Å². The van der Waals surface area contributed by atoms with Gasteiger partial charge in [0.2, 0.25) is 0 Å². The molecule has 0 bridgehead atoms. The van der Waals surface area contributed by atoms with E-state index in [1.165, 1.54) is 29.1 Å². The van der Waals surface area contributed by atoms with Gasteiger partial charge in [0.05, 0.1) is 22.4 Å². The van der Waals surface area contributed by atoms with E-state index in [4.69, 9.17) is 0 Å². The molecule has 0 aliphatic rings. The Morgan fingerprint density at radius 3 is 2.68 bits per heavy atom. The van der Waals surface area contributed by atoms with Crippen molar-refractivity contribution < 1.29 is 9.72 Å². The van der Waals surface area contributed by atoms with E-state index in [1.807, 2.05) is 25.1 Å². The molecular formula is C19H17N5O4. The number of hydrogen-bond acceptors (Lipinski definition) is 5. The number of carbonyl (C=O) groups is 1. The maximum atomic E-state index is 12.6. The summed E-state index contributed by atoms with van der Waals surface area (Å²) in [5.74, 6) is -0.618. The van der Waals surface area contributed by atoms with Crippen LogP contribution in [0.15, 0.2) is 58.4 Å². The zero-order valence-electron chi connectivity index (χ0n) is 15.2. The number of H-pyrrole nitrogens is 1. The van der Waals surface area contributed by atoms with E-state index in [-0.39, 0.29) is 16.8 Å². The van der Waals surface area contributed by atoms with Crippen molar-refractivity contribution in [2.45, 2.75) is 13.8 Å². The maximum Gasteiger partial charge on any atom is 0.280 e. The third-order valence-corrected chi connectivity index (χ3v) is 4.06. The molecule has 0 unspecified atom stereocenters. The number of amides is 1. The Morgan fingerprint density at radius 2 is 1.96 bits per heavy atom. The first-order valence-electron chi connectivity index (χ1n) is 8.33. The molecular weight excluding hydrogens is 362 g/mol. The number of nitrogens with zero attached hydrogens (tertiary/aromatic N) is 3. The average Bonchev–Trinajstić information content (AvgIpc) is 2.96. The van der Waals surface area contributed by atoms with Crippen LogP contribution in [0.5, 0.6) is 0 Å². The number of rotatable bonds is 5. The lowest BCUT2D eigenvalue weighted by Crippen LogP contribution is -2.20. The quantitative estimate of drug-likeness (QED) is 0.401.